The van der Waals surface area contributed by atoms with E-state index in [-0.39, 0.29) is 6.10 Å². The molecule has 0 fully saturated rings. The van der Waals surface area contributed by atoms with Gasteiger partial charge in [-0.2, -0.15) is 11.8 Å². The van der Waals surface area contributed by atoms with E-state index in [1.54, 1.807) is 0 Å². The average Bonchev–Trinajstić information content (AvgIpc) is 2.82. The van der Waals surface area contributed by atoms with E-state index in [4.69, 9.17) is 9.47 Å². The summed E-state index contributed by atoms with van der Waals surface area (Å²) < 4.78 is 11.7. The largest absolute Gasteiger partial charge is 0.494 e. The van der Waals surface area contributed by atoms with Gasteiger partial charge in [0.15, 0.2) is 0 Å². The quantitative estimate of drug-likeness (QED) is 0.794. The molecule has 0 aromatic heterocycles. The van der Waals surface area contributed by atoms with Gasteiger partial charge in [0, 0.05) is 30.1 Å². The lowest BCUT2D eigenvalue weighted by Crippen LogP contribution is -2.26. The first-order valence-electron chi connectivity index (χ1n) is 7.81. The Hall–Kier alpha value is -0.870. The van der Waals surface area contributed by atoms with Crippen molar-refractivity contribution in [2.45, 2.75) is 52.3 Å². The molecule has 0 aliphatic carbocycles. The molecule has 4 heteroatoms. The molecule has 1 aliphatic rings. The van der Waals surface area contributed by atoms with Gasteiger partial charge in [0.1, 0.15) is 17.6 Å². The van der Waals surface area contributed by atoms with Gasteiger partial charge in [-0.1, -0.05) is 0 Å². The second kappa shape index (κ2) is 7.95. The third-order valence-corrected chi connectivity index (χ3v) is 4.42. The lowest BCUT2D eigenvalue weighted by atomic mass is 10.1. The molecular formula is C17H27NO2S. The smallest absolute Gasteiger partial charge is 0.124 e. The van der Waals surface area contributed by atoms with Gasteiger partial charge in [-0.25, -0.2) is 0 Å². The van der Waals surface area contributed by atoms with Gasteiger partial charge in [0.2, 0.25) is 0 Å². The average molecular weight is 309 g/mol. The molecule has 1 aliphatic heterocycles. The van der Waals surface area contributed by atoms with Crippen LogP contribution in [0.4, 0.5) is 0 Å². The number of fused-ring (bicyclic) bond motifs is 1. The third kappa shape index (κ3) is 4.55. The van der Waals surface area contributed by atoms with Gasteiger partial charge in [-0.05, 0) is 51.3 Å². The van der Waals surface area contributed by atoms with Crippen molar-refractivity contribution in [1.82, 2.24) is 5.32 Å². The predicted octanol–water partition coefficient (Wildman–Crippen LogP) is 3.64. The first kappa shape index (κ1) is 16.5. The van der Waals surface area contributed by atoms with E-state index in [1.807, 2.05) is 18.7 Å². The standard InChI is InChI=1S/C17H27NO2S/c1-5-19-16-9-14-8-13(3)20-17(14)10-15(16)11-18-12(2)6-7-21-4/h9-10,12-13,18H,5-8,11H2,1-4H3. The predicted molar refractivity (Wildman–Crippen MR) is 90.7 cm³/mol. The zero-order chi connectivity index (χ0) is 15.2. The minimum Gasteiger partial charge on any atom is -0.494 e. The second-order valence-electron chi connectivity index (χ2n) is 5.70. The van der Waals surface area contributed by atoms with Gasteiger partial charge >= 0.3 is 0 Å². The summed E-state index contributed by atoms with van der Waals surface area (Å²) in [7, 11) is 0. The van der Waals surface area contributed by atoms with Crippen LogP contribution in [0.1, 0.15) is 38.3 Å². The van der Waals surface area contributed by atoms with Crippen molar-refractivity contribution in [3.05, 3.63) is 23.3 Å². The van der Waals surface area contributed by atoms with Crippen LogP contribution in [0, 0.1) is 0 Å². The molecule has 0 radical (unpaired) electrons. The topological polar surface area (TPSA) is 30.5 Å². The first-order chi connectivity index (χ1) is 10.1. The minimum atomic E-state index is 0.276. The van der Waals surface area contributed by atoms with Crippen LogP contribution in [0.5, 0.6) is 11.5 Å². The third-order valence-electron chi connectivity index (χ3n) is 3.77. The Labute approximate surface area is 132 Å². The van der Waals surface area contributed by atoms with E-state index in [1.165, 1.54) is 23.3 Å². The Morgan fingerprint density at radius 1 is 1.48 bits per heavy atom. The lowest BCUT2D eigenvalue weighted by molar-refractivity contribution is 0.254. The number of nitrogens with one attached hydrogen (secondary N) is 1. The Morgan fingerprint density at radius 3 is 3.00 bits per heavy atom. The molecule has 1 heterocycles. The van der Waals surface area contributed by atoms with E-state index >= 15 is 0 Å². The maximum atomic E-state index is 5.87. The van der Waals surface area contributed by atoms with E-state index < -0.39 is 0 Å². The van der Waals surface area contributed by atoms with Crippen LogP contribution in [-0.4, -0.2) is 30.8 Å². The molecule has 0 spiro atoms. The summed E-state index contributed by atoms with van der Waals surface area (Å²) in [6.07, 6.45) is 4.59. The molecule has 1 aromatic carbocycles. The highest BCUT2D eigenvalue weighted by atomic mass is 32.2. The fourth-order valence-corrected chi connectivity index (χ4v) is 3.18. The second-order valence-corrected chi connectivity index (χ2v) is 6.68. The number of rotatable bonds is 8. The van der Waals surface area contributed by atoms with Crippen LogP contribution in [0.25, 0.3) is 0 Å². The van der Waals surface area contributed by atoms with Gasteiger partial charge in [0.25, 0.3) is 0 Å². The van der Waals surface area contributed by atoms with E-state index in [2.05, 4.69) is 37.6 Å². The Kier molecular flexibility index (Phi) is 6.24. The van der Waals surface area contributed by atoms with E-state index in [0.29, 0.717) is 12.6 Å². The fourth-order valence-electron chi connectivity index (χ4n) is 2.59. The van der Waals surface area contributed by atoms with Crippen molar-refractivity contribution < 1.29 is 9.47 Å². The van der Waals surface area contributed by atoms with Gasteiger partial charge in [-0.3, -0.25) is 0 Å². The summed E-state index contributed by atoms with van der Waals surface area (Å²) in [4.78, 5) is 0. The summed E-state index contributed by atoms with van der Waals surface area (Å²) in [6, 6.07) is 4.82. The zero-order valence-electron chi connectivity index (χ0n) is 13.6. The number of hydrogen-bond donors (Lipinski definition) is 1. The van der Waals surface area contributed by atoms with Crippen LogP contribution >= 0.6 is 11.8 Å². The van der Waals surface area contributed by atoms with Crippen molar-refractivity contribution in [2.24, 2.45) is 0 Å². The molecule has 1 aromatic rings. The highest BCUT2D eigenvalue weighted by Crippen LogP contribution is 2.35. The summed E-state index contributed by atoms with van der Waals surface area (Å²) in [5.74, 6) is 3.22. The molecule has 0 amide bonds. The Morgan fingerprint density at radius 2 is 2.29 bits per heavy atom. The van der Waals surface area contributed by atoms with Crippen LogP contribution < -0.4 is 14.8 Å². The molecule has 0 saturated carbocycles. The van der Waals surface area contributed by atoms with Crippen LogP contribution in [-0.2, 0) is 13.0 Å². The molecule has 21 heavy (non-hydrogen) atoms. The number of thioether (sulfide) groups is 1. The number of ether oxygens (including phenoxy) is 2. The van der Waals surface area contributed by atoms with Crippen LogP contribution in [0.15, 0.2) is 12.1 Å². The molecule has 0 bridgehead atoms. The maximum absolute atomic E-state index is 5.87. The first-order valence-corrected chi connectivity index (χ1v) is 9.21. The van der Waals surface area contributed by atoms with E-state index in [0.717, 1.165) is 24.5 Å². The van der Waals surface area contributed by atoms with Crippen molar-refractivity contribution in [1.29, 1.82) is 0 Å². The molecule has 118 valence electrons. The molecule has 3 nitrogen and oxygen atoms in total. The molecule has 2 rings (SSSR count). The van der Waals surface area contributed by atoms with E-state index in [9.17, 15) is 0 Å². The number of hydrogen-bond acceptors (Lipinski definition) is 4. The highest BCUT2D eigenvalue weighted by Gasteiger charge is 2.21. The zero-order valence-corrected chi connectivity index (χ0v) is 14.4. The Bertz CT molecular complexity index is 464. The molecule has 1 N–H and O–H groups in total. The van der Waals surface area contributed by atoms with Crippen molar-refractivity contribution in [3.8, 4) is 11.5 Å². The molecule has 2 atom stereocenters. The fraction of sp³-hybridized carbons (Fsp3) is 0.647. The summed E-state index contributed by atoms with van der Waals surface area (Å²) in [5.41, 5.74) is 2.46. The van der Waals surface area contributed by atoms with Crippen molar-refractivity contribution >= 4 is 11.8 Å². The monoisotopic (exact) mass is 309 g/mol. The molecular weight excluding hydrogens is 282 g/mol. The van der Waals surface area contributed by atoms with Crippen molar-refractivity contribution in [2.75, 3.05) is 18.6 Å². The molecule has 0 saturated heterocycles. The van der Waals surface area contributed by atoms with Crippen molar-refractivity contribution in [3.63, 3.8) is 0 Å². The Balaban J connectivity index is 2.05. The normalized spacial score (nSPS) is 18.2. The SMILES string of the molecule is CCOc1cc2c(cc1CNC(C)CCSC)OC(C)C2. The summed E-state index contributed by atoms with van der Waals surface area (Å²) in [5, 5.41) is 3.59. The van der Waals surface area contributed by atoms with Gasteiger partial charge in [-0.15, -0.1) is 0 Å². The van der Waals surface area contributed by atoms with Crippen LogP contribution in [0.3, 0.4) is 0 Å². The minimum absolute atomic E-state index is 0.276. The molecule has 2 unspecified atom stereocenters. The summed E-state index contributed by atoms with van der Waals surface area (Å²) in [6.45, 7) is 7.91. The summed E-state index contributed by atoms with van der Waals surface area (Å²) >= 11 is 1.89. The lowest BCUT2D eigenvalue weighted by Gasteiger charge is -2.16. The van der Waals surface area contributed by atoms with Gasteiger partial charge < -0.3 is 14.8 Å². The maximum Gasteiger partial charge on any atom is 0.124 e. The van der Waals surface area contributed by atoms with Crippen LogP contribution in [0.2, 0.25) is 0 Å². The van der Waals surface area contributed by atoms with Gasteiger partial charge in [0.05, 0.1) is 6.61 Å². The highest BCUT2D eigenvalue weighted by molar-refractivity contribution is 7.98. The number of benzene rings is 1.